The SMILES string of the molecule is O=C(CCCN1CCOCC1)NC1CCC(C(=O)O)CC1. The average molecular weight is 298 g/mol. The summed E-state index contributed by atoms with van der Waals surface area (Å²) >= 11 is 0. The predicted molar refractivity (Wildman–Crippen MR) is 78.0 cm³/mol. The second-order valence-corrected chi connectivity index (χ2v) is 6.01. The number of ether oxygens (including phenoxy) is 1. The van der Waals surface area contributed by atoms with Gasteiger partial charge in [0.15, 0.2) is 0 Å². The Morgan fingerprint density at radius 2 is 1.81 bits per heavy atom. The maximum Gasteiger partial charge on any atom is 0.306 e. The van der Waals surface area contributed by atoms with Gasteiger partial charge in [0.05, 0.1) is 19.1 Å². The zero-order valence-corrected chi connectivity index (χ0v) is 12.6. The van der Waals surface area contributed by atoms with Crippen molar-refractivity contribution in [3.05, 3.63) is 0 Å². The zero-order valence-electron chi connectivity index (χ0n) is 12.6. The van der Waals surface area contributed by atoms with Crippen LogP contribution in [0.2, 0.25) is 0 Å². The van der Waals surface area contributed by atoms with E-state index in [9.17, 15) is 9.59 Å². The molecule has 0 unspecified atom stereocenters. The number of nitrogens with zero attached hydrogens (tertiary/aromatic N) is 1. The number of hydrogen-bond donors (Lipinski definition) is 2. The maximum absolute atomic E-state index is 11.9. The zero-order chi connectivity index (χ0) is 15.1. The van der Waals surface area contributed by atoms with E-state index in [1.807, 2.05) is 0 Å². The van der Waals surface area contributed by atoms with Gasteiger partial charge in [-0.2, -0.15) is 0 Å². The van der Waals surface area contributed by atoms with Crippen LogP contribution in [0.25, 0.3) is 0 Å². The van der Waals surface area contributed by atoms with Gasteiger partial charge in [0.25, 0.3) is 0 Å². The number of amides is 1. The van der Waals surface area contributed by atoms with Crippen molar-refractivity contribution in [2.45, 2.75) is 44.6 Å². The molecule has 6 nitrogen and oxygen atoms in total. The molecule has 2 N–H and O–H groups in total. The van der Waals surface area contributed by atoms with Crippen LogP contribution >= 0.6 is 0 Å². The standard InChI is InChI=1S/C15H26N2O4/c18-14(2-1-7-17-8-10-21-11-9-17)16-13-5-3-12(4-6-13)15(19)20/h12-13H,1-11H2,(H,16,18)(H,19,20). The Bertz CT molecular complexity index is 348. The highest BCUT2D eigenvalue weighted by molar-refractivity contribution is 5.76. The molecule has 21 heavy (non-hydrogen) atoms. The van der Waals surface area contributed by atoms with Crippen LogP contribution < -0.4 is 5.32 Å². The van der Waals surface area contributed by atoms with E-state index >= 15 is 0 Å². The third-order valence-corrected chi connectivity index (χ3v) is 4.42. The fraction of sp³-hybridized carbons (Fsp3) is 0.867. The first-order valence-electron chi connectivity index (χ1n) is 7.97. The van der Waals surface area contributed by atoms with Crippen LogP contribution in [-0.4, -0.2) is 60.8 Å². The monoisotopic (exact) mass is 298 g/mol. The third-order valence-electron chi connectivity index (χ3n) is 4.42. The van der Waals surface area contributed by atoms with Gasteiger partial charge in [-0.3, -0.25) is 14.5 Å². The lowest BCUT2D eigenvalue weighted by Gasteiger charge is -2.28. The highest BCUT2D eigenvalue weighted by Crippen LogP contribution is 2.24. The molecule has 1 aliphatic heterocycles. The van der Waals surface area contributed by atoms with Crippen molar-refractivity contribution in [3.8, 4) is 0 Å². The first-order chi connectivity index (χ1) is 10.1. The summed E-state index contributed by atoms with van der Waals surface area (Å²) in [5.41, 5.74) is 0. The van der Waals surface area contributed by atoms with Crippen LogP contribution in [0.4, 0.5) is 0 Å². The summed E-state index contributed by atoms with van der Waals surface area (Å²) in [7, 11) is 0. The molecule has 0 spiro atoms. The molecule has 1 saturated carbocycles. The van der Waals surface area contributed by atoms with E-state index in [2.05, 4.69) is 10.2 Å². The number of carbonyl (C=O) groups excluding carboxylic acids is 1. The predicted octanol–water partition coefficient (Wildman–Crippen LogP) is 0.858. The number of carboxylic acids is 1. The maximum atomic E-state index is 11.9. The highest BCUT2D eigenvalue weighted by atomic mass is 16.5. The van der Waals surface area contributed by atoms with Gasteiger partial charge in [-0.15, -0.1) is 0 Å². The summed E-state index contributed by atoms with van der Waals surface area (Å²) in [5.74, 6) is -0.827. The highest BCUT2D eigenvalue weighted by Gasteiger charge is 2.26. The number of carboxylic acid groups (broad SMARTS) is 1. The first-order valence-corrected chi connectivity index (χ1v) is 7.97. The minimum Gasteiger partial charge on any atom is -0.481 e. The molecule has 120 valence electrons. The quantitative estimate of drug-likeness (QED) is 0.760. The summed E-state index contributed by atoms with van der Waals surface area (Å²) in [4.78, 5) is 25.1. The number of carbonyl (C=O) groups is 2. The normalized spacial score (nSPS) is 27.2. The fourth-order valence-corrected chi connectivity index (χ4v) is 3.07. The Morgan fingerprint density at radius 3 is 2.43 bits per heavy atom. The summed E-state index contributed by atoms with van der Waals surface area (Å²) in [5, 5.41) is 12.0. The molecular weight excluding hydrogens is 272 g/mol. The summed E-state index contributed by atoms with van der Waals surface area (Å²) < 4.78 is 5.29. The Morgan fingerprint density at radius 1 is 1.14 bits per heavy atom. The van der Waals surface area contributed by atoms with Gasteiger partial charge in [0, 0.05) is 25.6 Å². The van der Waals surface area contributed by atoms with Gasteiger partial charge in [0.1, 0.15) is 0 Å². The van der Waals surface area contributed by atoms with E-state index in [0.29, 0.717) is 19.3 Å². The summed E-state index contributed by atoms with van der Waals surface area (Å²) in [6, 6.07) is 0.163. The van der Waals surface area contributed by atoms with E-state index in [0.717, 1.165) is 52.1 Å². The van der Waals surface area contributed by atoms with E-state index in [1.165, 1.54) is 0 Å². The molecule has 2 aliphatic rings. The number of aliphatic carboxylic acids is 1. The molecule has 0 aromatic heterocycles. The molecule has 0 radical (unpaired) electrons. The van der Waals surface area contributed by atoms with Gasteiger partial charge in [-0.1, -0.05) is 0 Å². The molecule has 1 aliphatic carbocycles. The first kappa shape index (κ1) is 16.2. The van der Waals surface area contributed by atoms with Crippen molar-refractivity contribution in [3.63, 3.8) is 0 Å². The van der Waals surface area contributed by atoms with Crippen LogP contribution in [0.5, 0.6) is 0 Å². The number of morpholine rings is 1. The van der Waals surface area contributed by atoms with Crippen molar-refractivity contribution in [1.82, 2.24) is 10.2 Å². The van der Waals surface area contributed by atoms with Gasteiger partial charge < -0.3 is 15.2 Å². The molecule has 0 bridgehead atoms. The second kappa shape index (κ2) is 8.34. The van der Waals surface area contributed by atoms with Crippen molar-refractivity contribution in [1.29, 1.82) is 0 Å². The van der Waals surface area contributed by atoms with E-state index in [-0.39, 0.29) is 17.9 Å². The van der Waals surface area contributed by atoms with Gasteiger partial charge >= 0.3 is 5.97 Å². The second-order valence-electron chi connectivity index (χ2n) is 6.01. The molecule has 0 atom stereocenters. The third kappa shape index (κ3) is 5.63. The van der Waals surface area contributed by atoms with Gasteiger partial charge in [0.2, 0.25) is 5.91 Å². The van der Waals surface area contributed by atoms with Gasteiger partial charge in [-0.25, -0.2) is 0 Å². The van der Waals surface area contributed by atoms with E-state index in [1.54, 1.807) is 0 Å². The Hall–Kier alpha value is -1.14. The molecule has 2 rings (SSSR count). The van der Waals surface area contributed by atoms with Crippen LogP contribution in [0, 0.1) is 5.92 Å². The number of rotatable bonds is 6. The summed E-state index contributed by atoms with van der Waals surface area (Å²) in [6.45, 7) is 4.45. The van der Waals surface area contributed by atoms with Crippen molar-refractivity contribution < 1.29 is 19.4 Å². The lowest BCUT2D eigenvalue weighted by Crippen LogP contribution is -2.40. The van der Waals surface area contributed by atoms with Gasteiger partial charge in [-0.05, 0) is 38.6 Å². The molecule has 1 amide bonds. The molecule has 0 aromatic rings. The van der Waals surface area contributed by atoms with Crippen LogP contribution in [-0.2, 0) is 14.3 Å². The lowest BCUT2D eigenvalue weighted by molar-refractivity contribution is -0.142. The van der Waals surface area contributed by atoms with Crippen LogP contribution in [0.15, 0.2) is 0 Å². The van der Waals surface area contributed by atoms with Crippen LogP contribution in [0.1, 0.15) is 38.5 Å². The Labute approximate surface area is 125 Å². The van der Waals surface area contributed by atoms with E-state index in [4.69, 9.17) is 9.84 Å². The summed E-state index contributed by atoms with van der Waals surface area (Å²) in [6.07, 6.45) is 4.34. The van der Waals surface area contributed by atoms with Crippen LogP contribution in [0.3, 0.4) is 0 Å². The molecule has 6 heteroatoms. The molecule has 1 saturated heterocycles. The molecular formula is C15H26N2O4. The van der Waals surface area contributed by atoms with E-state index < -0.39 is 5.97 Å². The van der Waals surface area contributed by atoms with Crippen molar-refractivity contribution >= 4 is 11.9 Å². The minimum absolute atomic E-state index is 0.0991. The number of hydrogen-bond acceptors (Lipinski definition) is 4. The number of nitrogens with one attached hydrogen (secondary N) is 1. The topological polar surface area (TPSA) is 78.9 Å². The van der Waals surface area contributed by atoms with Crippen molar-refractivity contribution in [2.75, 3.05) is 32.8 Å². The largest absolute Gasteiger partial charge is 0.481 e. The lowest BCUT2D eigenvalue weighted by atomic mass is 9.86. The average Bonchev–Trinajstić information content (AvgIpc) is 2.49. The molecule has 1 heterocycles. The molecule has 0 aromatic carbocycles. The molecule has 2 fully saturated rings. The minimum atomic E-state index is -0.703. The van der Waals surface area contributed by atoms with Crippen molar-refractivity contribution in [2.24, 2.45) is 5.92 Å². The smallest absolute Gasteiger partial charge is 0.306 e. The Kier molecular flexibility index (Phi) is 6.45. The fourth-order valence-electron chi connectivity index (χ4n) is 3.07. The Balaban J connectivity index is 1.56.